The second kappa shape index (κ2) is 5.95. The van der Waals surface area contributed by atoms with Crippen molar-refractivity contribution in [2.24, 2.45) is 0 Å². The molecule has 0 heterocycles. The molecule has 0 aliphatic rings. The Balaban J connectivity index is 2.77. The number of hydrogen-bond donors (Lipinski definition) is 1. The molecule has 0 aromatic heterocycles. The normalized spacial score (nSPS) is 12.0. The largest absolute Gasteiger partial charge is 0.416 e. The van der Waals surface area contributed by atoms with E-state index in [1.807, 2.05) is 0 Å². The second-order valence-corrected chi connectivity index (χ2v) is 4.74. The molecule has 0 radical (unpaired) electrons. The number of rotatable bonds is 3. The summed E-state index contributed by atoms with van der Waals surface area (Å²) in [4.78, 5) is 10.7. The van der Waals surface area contributed by atoms with Crippen LogP contribution in [0, 0.1) is 0 Å². The zero-order valence-corrected chi connectivity index (χ0v) is 10.4. The molecule has 98 valence electrons. The summed E-state index contributed by atoms with van der Waals surface area (Å²) in [6.07, 6.45) is -1.10. The molecule has 0 saturated carbocycles. The summed E-state index contributed by atoms with van der Waals surface area (Å²) in [5, 5.41) is -0.0139. The van der Waals surface area contributed by atoms with Crippen molar-refractivity contribution in [2.45, 2.75) is 13.1 Å². The van der Waals surface area contributed by atoms with Crippen LogP contribution in [0.2, 0.25) is 0 Å². The number of halogens is 3. The maximum atomic E-state index is 12.4. The van der Waals surface area contributed by atoms with Crippen LogP contribution in [0.25, 0.3) is 6.08 Å². The first-order valence-corrected chi connectivity index (χ1v) is 6.06. The van der Waals surface area contributed by atoms with Crippen LogP contribution in [0.15, 0.2) is 24.3 Å². The lowest BCUT2D eigenvalue weighted by Gasteiger charge is -2.08. The predicted octanol–water partition coefficient (Wildman–Crippen LogP) is 3.58. The molecule has 0 bridgehead atoms. The number of hydrogen-bond acceptors (Lipinski definition) is 3. The van der Waals surface area contributed by atoms with Gasteiger partial charge in [-0.15, -0.1) is 0 Å². The maximum absolute atomic E-state index is 12.4. The maximum Gasteiger partial charge on any atom is 0.416 e. The van der Waals surface area contributed by atoms with Crippen LogP contribution in [0.3, 0.4) is 0 Å². The van der Waals surface area contributed by atoms with Crippen LogP contribution >= 0.6 is 11.8 Å². The number of thioether (sulfide) groups is 1. The standard InChI is InChI=1S/C12H12F3NOS/c1-8(17)18-6-2-3-9-4-5-10(7-11(9)16)12(13,14)15/h2-5,7H,6,16H2,1H3. The van der Waals surface area contributed by atoms with Crippen LogP contribution in [-0.2, 0) is 11.0 Å². The first-order chi connectivity index (χ1) is 8.30. The van der Waals surface area contributed by atoms with Gasteiger partial charge in [0.25, 0.3) is 0 Å². The minimum Gasteiger partial charge on any atom is -0.398 e. The van der Waals surface area contributed by atoms with E-state index < -0.39 is 11.7 Å². The summed E-state index contributed by atoms with van der Waals surface area (Å²) < 4.78 is 37.1. The van der Waals surface area contributed by atoms with Gasteiger partial charge in [-0.1, -0.05) is 30.0 Å². The highest BCUT2D eigenvalue weighted by Crippen LogP contribution is 2.31. The van der Waals surface area contributed by atoms with Crippen LogP contribution in [0.1, 0.15) is 18.1 Å². The van der Waals surface area contributed by atoms with E-state index in [0.29, 0.717) is 11.3 Å². The third kappa shape index (κ3) is 4.44. The van der Waals surface area contributed by atoms with Gasteiger partial charge in [0.15, 0.2) is 5.12 Å². The zero-order valence-electron chi connectivity index (χ0n) is 9.62. The highest BCUT2D eigenvalue weighted by atomic mass is 32.2. The quantitative estimate of drug-likeness (QED) is 0.857. The van der Waals surface area contributed by atoms with Crippen molar-refractivity contribution in [3.63, 3.8) is 0 Å². The lowest BCUT2D eigenvalue weighted by molar-refractivity contribution is -0.137. The van der Waals surface area contributed by atoms with E-state index in [2.05, 4.69) is 0 Å². The van der Waals surface area contributed by atoms with Crippen LogP contribution < -0.4 is 5.73 Å². The molecule has 1 aromatic carbocycles. The molecule has 0 saturated heterocycles. The summed E-state index contributed by atoms with van der Waals surface area (Å²) >= 11 is 1.12. The highest BCUT2D eigenvalue weighted by Gasteiger charge is 2.30. The number of benzene rings is 1. The van der Waals surface area contributed by atoms with Gasteiger partial charge >= 0.3 is 6.18 Å². The Morgan fingerprint density at radius 2 is 2.11 bits per heavy atom. The third-order valence-corrected chi connectivity index (χ3v) is 2.86. The average Bonchev–Trinajstić information content (AvgIpc) is 2.24. The van der Waals surface area contributed by atoms with Gasteiger partial charge in [0.1, 0.15) is 0 Å². The van der Waals surface area contributed by atoms with Gasteiger partial charge in [0.05, 0.1) is 5.56 Å². The molecular weight excluding hydrogens is 263 g/mol. The average molecular weight is 275 g/mol. The highest BCUT2D eigenvalue weighted by molar-refractivity contribution is 8.13. The van der Waals surface area contributed by atoms with E-state index in [4.69, 9.17) is 5.73 Å². The van der Waals surface area contributed by atoms with Gasteiger partial charge in [0, 0.05) is 18.4 Å². The SMILES string of the molecule is CC(=O)SCC=Cc1ccc(C(F)(F)F)cc1N. The first-order valence-electron chi connectivity index (χ1n) is 5.07. The second-order valence-electron chi connectivity index (χ2n) is 3.55. The van der Waals surface area contributed by atoms with Crippen molar-refractivity contribution in [1.82, 2.24) is 0 Å². The summed E-state index contributed by atoms with van der Waals surface area (Å²) in [6, 6.07) is 3.19. The summed E-state index contributed by atoms with van der Waals surface area (Å²) in [5.74, 6) is 0.468. The first kappa shape index (κ1) is 14.6. The van der Waals surface area contributed by atoms with Crippen molar-refractivity contribution < 1.29 is 18.0 Å². The number of carbonyl (C=O) groups is 1. The number of alkyl halides is 3. The van der Waals surface area contributed by atoms with Gasteiger partial charge in [-0.3, -0.25) is 4.79 Å². The van der Waals surface area contributed by atoms with Gasteiger partial charge in [-0.2, -0.15) is 13.2 Å². The number of nitrogen functional groups attached to an aromatic ring is 1. The van der Waals surface area contributed by atoms with Gasteiger partial charge in [-0.05, 0) is 17.7 Å². The minimum absolute atomic E-state index is 0.0139. The zero-order chi connectivity index (χ0) is 13.8. The van der Waals surface area contributed by atoms with Gasteiger partial charge in [0.2, 0.25) is 0 Å². The van der Waals surface area contributed by atoms with E-state index in [9.17, 15) is 18.0 Å². The molecule has 1 aromatic rings. The van der Waals surface area contributed by atoms with Crippen LogP contribution in [0.4, 0.5) is 18.9 Å². The number of anilines is 1. The Bertz CT molecular complexity index is 469. The fourth-order valence-corrected chi connectivity index (χ4v) is 1.67. The molecular formula is C12H12F3NOS. The molecule has 0 atom stereocenters. The summed E-state index contributed by atoms with van der Waals surface area (Å²) in [5.41, 5.74) is 5.34. The minimum atomic E-state index is -4.39. The fraction of sp³-hybridized carbons (Fsp3) is 0.250. The van der Waals surface area contributed by atoms with E-state index in [0.717, 1.165) is 23.9 Å². The molecule has 2 N–H and O–H groups in total. The number of nitrogens with two attached hydrogens (primary N) is 1. The Hall–Kier alpha value is -1.43. The van der Waals surface area contributed by atoms with E-state index in [-0.39, 0.29) is 10.8 Å². The summed E-state index contributed by atoms with van der Waals surface area (Å²) in [7, 11) is 0. The van der Waals surface area contributed by atoms with E-state index in [1.165, 1.54) is 13.0 Å². The lowest BCUT2D eigenvalue weighted by Crippen LogP contribution is -2.05. The Labute approximate surface area is 107 Å². The monoisotopic (exact) mass is 275 g/mol. The molecule has 0 fully saturated rings. The topological polar surface area (TPSA) is 43.1 Å². The Morgan fingerprint density at radius 3 is 2.61 bits per heavy atom. The Kier molecular flexibility index (Phi) is 4.84. The smallest absolute Gasteiger partial charge is 0.398 e. The number of carbonyl (C=O) groups excluding carboxylic acids is 1. The predicted molar refractivity (Wildman–Crippen MR) is 68.0 cm³/mol. The molecule has 0 aliphatic carbocycles. The third-order valence-electron chi connectivity index (χ3n) is 2.09. The van der Waals surface area contributed by atoms with Crippen molar-refractivity contribution >= 4 is 28.6 Å². The van der Waals surface area contributed by atoms with Gasteiger partial charge in [-0.25, -0.2) is 0 Å². The molecule has 18 heavy (non-hydrogen) atoms. The van der Waals surface area contributed by atoms with Crippen molar-refractivity contribution in [1.29, 1.82) is 0 Å². The molecule has 0 aliphatic heterocycles. The van der Waals surface area contributed by atoms with E-state index >= 15 is 0 Å². The van der Waals surface area contributed by atoms with E-state index in [1.54, 1.807) is 12.2 Å². The molecule has 0 amide bonds. The van der Waals surface area contributed by atoms with Crippen molar-refractivity contribution in [3.8, 4) is 0 Å². The Morgan fingerprint density at radius 1 is 1.44 bits per heavy atom. The molecule has 1 rings (SSSR count). The van der Waals surface area contributed by atoms with Crippen LogP contribution in [-0.4, -0.2) is 10.9 Å². The van der Waals surface area contributed by atoms with Crippen molar-refractivity contribution in [2.75, 3.05) is 11.5 Å². The summed E-state index contributed by atoms with van der Waals surface area (Å²) in [6.45, 7) is 1.45. The molecule has 2 nitrogen and oxygen atoms in total. The molecule has 0 spiro atoms. The molecule has 6 heteroatoms. The fourth-order valence-electron chi connectivity index (χ4n) is 1.24. The van der Waals surface area contributed by atoms with Crippen molar-refractivity contribution in [3.05, 3.63) is 35.4 Å². The lowest BCUT2D eigenvalue weighted by atomic mass is 10.1. The van der Waals surface area contributed by atoms with Gasteiger partial charge < -0.3 is 5.73 Å². The molecule has 0 unspecified atom stereocenters. The van der Waals surface area contributed by atoms with Crippen LogP contribution in [0.5, 0.6) is 0 Å².